The van der Waals surface area contributed by atoms with Gasteiger partial charge in [0.05, 0.1) is 18.2 Å². The molecule has 0 bridgehead atoms. The van der Waals surface area contributed by atoms with Crippen molar-refractivity contribution in [3.05, 3.63) is 71.3 Å². The van der Waals surface area contributed by atoms with E-state index in [0.29, 0.717) is 39.2 Å². The molecule has 1 amide bonds. The maximum Gasteiger partial charge on any atom is 0.261 e. The van der Waals surface area contributed by atoms with Crippen molar-refractivity contribution in [3.8, 4) is 23.0 Å². The molecule has 4 rings (SSSR count). The SMILES string of the molecule is COc1c(C)cccc1C(=O)NC(=S)Nc1cc(C)c(O)c(-c2nc3ccccc3o2)c1. The van der Waals surface area contributed by atoms with Crippen LogP contribution in [-0.4, -0.2) is 28.2 Å². The number of para-hydroxylation sites is 3. The van der Waals surface area contributed by atoms with E-state index in [0.717, 1.165) is 5.56 Å². The molecule has 4 aromatic rings. The van der Waals surface area contributed by atoms with Crippen LogP contribution in [0.4, 0.5) is 5.69 Å². The van der Waals surface area contributed by atoms with Gasteiger partial charge in [-0.3, -0.25) is 10.1 Å². The molecule has 0 radical (unpaired) electrons. The van der Waals surface area contributed by atoms with E-state index >= 15 is 0 Å². The van der Waals surface area contributed by atoms with Crippen LogP contribution in [0.5, 0.6) is 11.5 Å². The standard InChI is InChI=1S/C24H21N3O4S/c1-13-7-6-8-16(21(13)30-3)22(29)27-24(32)25-15-11-14(2)20(28)17(12-15)23-26-18-9-4-5-10-19(18)31-23/h4-12,28H,1-3H3,(H2,25,27,29,32). The van der Waals surface area contributed by atoms with Gasteiger partial charge in [-0.15, -0.1) is 0 Å². The first-order valence-corrected chi connectivity index (χ1v) is 10.2. The molecule has 7 nitrogen and oxygen atoms in total. The Morgan fingerprint density at radius 1 is 1.09 bits per heavy atom. The van der Waals surface area contributed by atoms with Crippen LogP contribution in [0.25, 0.3) is 22.6 Å². The number of anilines is 1. The van der Waals surface area contributed by atoms with Crippen LogP contribution in [0.3, 0.4) is 0 Å². The molecule has 162 valence electrons. The van der Waals surface area contributed by atoms with E-state index < -0.39 is 5.91 Å². The quantitative estimate of drug-likeness (QED) is 0.301. The zero-order valence-corrected chi connectivity index (χ0v) is 18.5. The van der Waals surface area contributed by atoms with E-state index in [1.54, 1.807) is 31.2 Å². The number of amides is 1. The number of carbonyl (C=O) groups excluding carboxylic acids is 1. The Labute approximate surface area is 190 Å². The molecule has 3 aromatic carbocycles. The fourth-order valence-corrected chi connectivity index (χ4v) is 3.65. The maximum atomic E-state index is 12.7. The van der Waals surface area contributed by atoms with Crippen LogP contribution in [-0.2, 0) is 0 Å². The summed E-state index contributed by atoms with van der Waals surface area (Å²) in [5, 5.41) is 16.3. The van der Waals surface area contributed by atoms with Gasteiger partial charge in [-0.1, -0.05) is 24.3 Å². The number of aromatic nitrogens is 1. The van der Waals surface area contributed by atoms with Gasteiger partial charge in [-0.25, -0.2) is 4.98 Å². The highest BCUT2D eigenvalue weighted by molar-refractivity contribution is 7.80. The van der Waals surface area contributed by atoms with Crippen LogP contribution in [0, 0.1) is 13.8 Å². The lowest BCUT2D eigenvalue weighted by Gasteiger charge is -2.14. The van der Waals surface area contributed by atoms with Crippen molar-refractivity contribution in [1.29, 1.82) is 0 Å². The molecule has 1 aromatic heterocycles. The lowest BCUT2D eigenvalue weighted by atomic mass is 10.1. The third kappa shape index (κ3) is 4.13. The van der Waals surface area contributed by atoms with Gasteiger partial charge in [0.1, 0.15) is 17.0 Å². The topological polar surface area (TPSA) is 96.6 Å². The fourth-order valence-electron chi connectivity index (χ4n) is 3.44. The number of phenols is 1. The van der Waals surface area contributed by atoms with Gasteiger partial charge in [-0.2, -0.15) is 0 Å². The van der Waals surface area contributed by atoms with E-state index in [2.05, 4.69) is 15.6 Å². The minimum Gasteiger partial charge on any atom is -0.507 e. The first kappa shape index (κ1) is 21.3. The third-order valence-electron chi connectivity index (χ3n) is 4.97. The molecule has 0 aliphatic heterocycles. The highest BCUT2D eigenvalue weighted by atomic mass is 32.1. The Morgan fingerprint density at radius 2 is 1.88 bits per heavy atom. The number of nitrogens with zero attached hydrogens (tertiary/aromatic N) is 1. The monoisotopic (exact) mass is 447 g/mol. The number of carbonyl (C=O) groups is 1. The third-order valence-corrected chi connectivity index (χ3v) is 5.17. The second kappa shape index (κ2) is 8.68. The zero-order valence-electron chi connectivity index (χ0n) is 17.7. The number of fused-ring (bicyclic) bond motifs is 1. The number of benzene rings is 3. The largest absolute Gasteiger partial charge is 0.507 e. The lowest BCUT2D eigenvalue weighted by molar-refractivity contribution is 0.0974. The summed E-state index contributed by atoms with van der Waals surface area (Å²) in [5.41, 5.74) is 4.11. The Morgan fingerprint density at radius 3 is 2.62 bits per heavy atom. The highest BCUT2D eigenvalue weighted by Crippen LogP contribution is 2.36. The smallest absolute Gasteiger partial charge is 0.261 e. The number of aromatic hydroxyl groups is 1. The molecule has 0 spiro atoms. The van der Waals surface area contributed by atoms with Crippen molar-refractivity contribution in [1.82, 2.24) is 10.3 Å². The van der Waals surface area contributed by atoms with Crippen molar-refractivity contribution in [2.45, 2.75) is 13.8 Å². The number of aryl methyl sites for hydroxylation is 2. The van der Waals surface area contributed by atoms with Crippen LogP contribution in [0.1, 0.15) is 21.5 Å². The Kier molecular flexibility index (Phi) is 5.79. The number of thiocarbonyl (C=S) groups is 1. The summed E-state index contributed by atoms with van der Waals surface area (Å²) in [4.78, 5) is 17.2. The Hall–Kier alpha value is -3.91. The number of nitrogens with one attached hydrogen (secondary N) is 2. The van der Waals surface area contributed by atoms with E-state index in [-0.39, 0.29) is 16.8 Å². The van der Waals surface area contributed by atoms with E-state index in [1.807, 2.05) is 37.3 Å². The highest BCUT2D eigenvalue weighted by Gasteiger charge is 2.18. The molecule has 0 unspecified atom stereocenters. The van der Waals surface area contributed by atoms with Gasteiger partial charge in [0, 0.05) is 5.69 Å². The van der Waals surface area contributed by atoms with Crippen LogP contribution in [0.2, 0.25) is 0 Å². The minimum atomic E-state index is -0.391. The van der Waals surface area contributed by atoms with Gasteiger partial charge < -0.3 is 19.6 Å². The number of hydrogen-bond donors (Lipinski definition) is 3. The summed E-state index contributed by atoms with van der Waals surface area (Å²) in [6.07, 6.45) is 0. The number of methoxy groups -OCH3 is 1. The zero-order chi connectivity index (χ0) is 22.8. The summed E-state index contributed by atoms with van der Waals surface area (Å²) in [5.74, 6) is 0.445. The van der Waals surface area contributed by atoms with Crippen LogP contribution < -0.4 is 15.4 Å². The summed E-state index contributed by atoms with van der Waals surface area (Å²) in [6, 6.07) is 16.0. The van der Waals surface area contributed by atoms with Gasteiger partial charge in [-0.05, 0) is 67.5 Å². The number of hydrogen-bond acceptors (Lipinski definition) is 6. The van der Waals surface area contributed by atoms with E-state index in [4.69, 9.17) is 21.4 Å². The number of oxazole rings is 1. The van der Waals surface area contributed by atoms with Gasteiger partial charge in [0.15, 0.2) is 10.7 Å². The van der Waals surface area contributed by atoms with E-state index in [1.165, 1.54) is 7.11 Å². The van der Waals surface area contributed by atoms with Crippen molar-refractivity contribution in [2.24, 2.45) is 0 Å². The van der Waals surface area contributed by atoms with E-state index in [9.17, 15) is 9.90 Å². The molecule has 0 aliphatic rings. The molecule has 0 aliphatic carbocycles. The predicted molar refractivity (Wildman–Crippen MR) is 127 cm³/mol. The second-order valence-electron chi connectivity index (χ2n) is 7.24. The van der Waals surface area contributed by atoms with Gasteiger partial charge in [0.25, 0.3) is 5.91 Å². The molecule has 1 heterocycles. The van der Waals surface area contributed by atoms with Crippen LogP contribution >= 0.6 is 12.2 Å². The molecule has 0 saturated carbocycles. The van der Waals surface area contributed by atoms with Crippen LogP contribution in [0.15, 0.2) is 59.0 Å². The summed E-state index contributed by atoms with van der Waals surface area (Å²) in [7, 11) is 1.52. The van der Waals surface area contributed by atoms with Crippen molar-refractivity contribution < 1.29 is 19.1 Å². The van der Waals surface area contributed by atoms with Crippen molar-refractivity contribution >= 4 is 40.0 Å². The Balaban J connectivity index is 1.58. The molecule has 3 N–H and O–H groups in total. The normalized spacial score (nSPS) is 10.7. The number of ether oxygens (including phenoxy) is 1. The van der Waals surface area contributed by atoms with Gasteiger partial charge >= 0.3 is 0 Å². The minimum absolute atomic E-state index is 0.0570. The molecular weight excluding hydrogens is 426 g/mol. The molecule has 32 heavy (non-hydrogen) atoms. The molecular formula is C24H21N3O4S. The average Bonchev–Trinajstić information content (AvgIpc) is 3.19. The van der Waals surface area contributed by atoms with Crippen molar-refractivity contribution in [2.75, 3.05) is 12.4 Å². The molecule has 0 saturated heterocycles. The summed E-state index contributed by atoms with van der Waals surface area (Å²) >= 11 is 5.33. The molecule has 8 heteroatoms. The number of phenolic OH excluding ortho intramolecular Hbond substituents is 1. The molecule has 0 atom stereocenters. The summed E-state index contributed by atoms with van der Waals surface area (Å²) in [6.45, 7) is 3.62. The number of rotatable bonds is 4. The second-order valence-corrected chi connectivity index (χ2v) is 7.65. The predicted octanol–water partition coefficient (Wildman–Crippen LogP) is 4.95. The average molecular weight is 448 g/mol. The first-order chi connectivity index (χ1) is 15.4. The molecule has 0 fully saturated rings. The first-order valence-electron chi connectivity index (χ1n) is 9.83. The lowest BCUT2D eigenvalue weighted by Crippen LogP contribution is -2.34. The maximum absolute atomic E-state index is 12.7. The van der Waals surface area contributed by atoms with Crippen molar-refractivity contribution in [3.63, 3.8) is 0 Å². The van der Waals surface area contributed by atoms with Gasteiger partial charge in [0.2, 0.25) is 5.89 Å². The Bertz CT molecular complexity index is 1310. The fraction of sp³-hybridized carbons (Fsp3) is 0.125. The summed E-state index contributed by atoms with van der Waals surface area (Å²) < 4.78 is 11.1.